The second kappa shape index (κ2) is 11.3. The van der Waals surface area contributed by atoms with Gasteiger partial charge in [0.25, 0.3) is 0 Å². The molecule has 11 heteroatoms. The molecule has 40 heavy (non-hydrogen) atoms. The minimum absolute atomic E-state index is 0.0385. The highest BCUT2D eigenvalue weighted by molar-refractivity contribution is 7.19. The molecule has 2 aliphatic rings. The first kappa shape index (κ1) is 26.9. The number of nitrogens with zero attached hydrogens (tertiary/aromatic N) is 6. The maximum Gasteiger partial charge on any atom is 0.226 e. The number of benzene rings is 1. The summed E-state index contributed by atoms with van der Waals surface area (Å²) in [5.41, 5.74) is 3.02. The molecule has 0 saturated carbocycles. The van der Waals surface area contributed by atoms with Crippen molar-refractivity contribution >= 4 is 49.9 Å². The van der Waals surface area contributed by atoms with Crippen LogP contribution in [0.1, 0.15) is 29.7 Å². The molecule has 1 aliphatic heterocycles. The van der Waals surface area contributed by atoms with Crippen LogP contribution in [0.15, 0.2) is 24.7 Å². The lowest BCUT2D eigenvalue weighted by Gasteiger charge is -2.38. The van der Waals surface area contributed by atoms with E-state index in [0.29, 0.717) is 17.7 Å². The van der Waals surface area contributed by atoms with E-state index in [1.54, 1.807) is 31.0 Å². The van der Waals surface area contributed by atoms with Crippen LogP contribution in [-0.2, 0) is 17.6 Å². The average Bonchev–Trinajstić information content (AvgIpc) is 3.59. The highest BCUT2D eigenvalue weighted by Crippen LogP contribution is 2.42. The van der Waals surface area contributed by atoms with Crippen LogP contribution in [0.3, 0.4) is 0 Å². The third-order valence-electron chi connectivity index (χ3n) is 8.51. The molecule has 4 aromatic rings. The fourth-order valence-electron chi connectivity index (χ4n) is 6.11. The zero-order valence-corrected chi connectivity index (χ0v) is 24.6. The number of carbonyl (C=O) groups is 1. The molecular formula is C29H38N8O2S. The zero-order chi connectivity index (χ0) is 27.8. The van der Waals surface area contributed by atoms with Gasteiger partial charge in [-0.05, 0) is 64.9 Å². The first-order valence-corrected chi connectivity index (χ1v) is 14.9. The van der Waals surface area contributed by atoms with Crippen molar-refractivity contribution in [1.29, 1.82) is 0 Å². The number of rotatable bonds is 8. The Morgan fingerprint density at radius 3 is 2.77 bits per heavy atom. The van der Waals surface area contributed by atoms with Crippen molar-refractivity contribution in [2.75, 3.05) is 59.7 Å². The number of amides is 1. The number of H-pyrrole nitrogens is 1. The van der Waals surface area contributed by atoms with E-state index < -0.39 is 0 Å². The number of thiophene rings is 1. The summed E-state index contributed by atoms with van der Waals surface area (Å²) in [5.74, 6) is 1.84. The number of likely N-dealkylation sites (N-methyl/N-ethyl adjacent to an activating group) is 2. The zero-order valence-electron chi connectivity index (χ0n) is 23.7. The lowest BCUT2D eigenvalue weighted by atomic mass is 9.86. The number of aryl methyl sites for hydroxylation is 1. The Morgan fingerprint density at radius 1 is 1.18 bits per heavy atom. The van der Waals surface area contributed by atoms with Crippen LogP contribution in [-0.4, -0.2) is 101 Å². The molecule has 0 radical (unpaired) electrons. The fourth-order valence-corrected chi connectivity index (χ4v) is 7.37. The number of fused-ring (bicyclic) bond motifs is 4. The molecule has 0 unspecified atom stereocenters. The van der Waals surface area contributed by atoms with Crippen LogP contribution < -0.4 is 10.1 Å². The highest BCUT2D eigenvalue weighted by atomic mass is 32.1. The van der Waals surface area contributed by atoms with Crippen LogP contribution >= 0.6 is 11.3 Å². The largest absolute Gasteiger partial charge is 0.494 e. The SMILES string of the molecule is COc1cc2[nH]ncc2cc1Nc1ncnc2sc3c(c12)CC[C@H](C(=O)N1CCC(N(C)CCN(C)C)CC1)C3. The molecule has 3 aromatic heterocycles. The Kier molecular flexibility index (Phi) is 7.61. The normalized spacial score (nSPS) is 18.1. The van der Waals surface area contributed by atoms with Gasteiger partial charge in [0.15, 0.2) is 0 Å². The number of piperidine rings is 1. The summed E-state index contributed by atoms with van der Waals surface area (Å²) in [6.07, 6.45) is 8.00. The topological polar surface area (TPSA) is 103 Å². The number of anilines is 2. The minimum Gasteiger partial charge on any atom is -0.494 e. The molecule has 212 valence electrons. The second-order valence-electron chi connectivity index (χ2n) is 11.3. The molecule has 1 aromatic carbocycles. The maximum absolute atomic E-state index is 13.6. The summed E-state index contributed by atoms with van der Waals surface area (Å²) in [4.78, 5) is 31.8. The number of aromatic nitrogens is 4. The van der Waals surface area contributed by atoms with Crippen molar-refractivity contribution < 1.29 is 9.53 Å². The van der Waals surface area contributed by atoms with E-state index in [1.807, 2.05) is 12.1 Å². The molecule has 2 N–H and O–H groups in total. The van der Waals surface area contributed by atoms with Crippen molar-refractivity contribution in [3.8, 4) is 5.75 Å². The smallest absolute Gasteiger partial charge is 0.226 e. The standard InChI is InChI=1S/C29H38N8O2S/c1-35(2)11-12-36(3)20-7-9-37(10-8-20)29(38)18-5-6-21-25(14-18)40-28-26(21)27(30-17-31-28)33-23-13-19-16-32-34-22(19)15-24(23)39-4/h13,15-18,20H,5-12,14H2,1-4H3,(H,32,34)(H,30,31,33)/t18-/m0/s1. The summed E-state index contributed by atoms with van der Waals surface area (Å²) in [6.45, 7) is 3.83. The Morgan fingerprint density at radius 2 is 2.00 bits per heavy atom. The van der Waals surface area contributed by atoms with Gasteiger partial charge in [-0.25, -0.2) is 9.97 Å². The number of aromatic amines is 1. The van der Waals surface area contributed by atoms with E-state index in [2.05, 4.69) is 61.3 Å². The number of ether oxygens (including phenoxy) is 1. The van der Waals surface area contributed by atoms with Crippen LogP contribution in [0, 0.1) is 5.92 Å². The Hall–Kier alpha value is -3.28. The molecule has 10 nitrogen and oxygen atoms in total. The summed E-state index contributed by atoms with van der Waals surface area (Å²) >= 11 is 1.70. The van der Waals surface area contributed by atoms with Gasteiger partial charge in [-0.3, -0.25) is 9.89 Å². The van der Waals surface area contributed by atoms with Crippen LogP contribution in [0.25, 0.3) is 21.1 Å². The summed E-state index contributed by atoms with van der Waals surface area (Å²) in [6, 6.07) is 4.51. The average molecular weight is 563 g/mol. The molecule has 1 aliphatic carbocycles. The molecule has 1 amide bonds. The van der Waals surface area contributed by atoms with Gasteiger partial charge < -0.3 is 24.8 Å². The quantitative estimate of drug-likeness (QED) is 0.333. The molecule has 1 atom stereocenters. The van der Waals surface area contributed by atoms with E-state index >= 15 is 0 Å². The van der Waals surface area contributed by atoms with E-state index in [9.17, 15) is 4.79 Å². The molecule has 6 rings (SSSR count). The number of carbonyl (C=O) groups excluding carboxylic acids is 1. The first-order chi connectivity index (χ1) is 19.4. The van der Waals surface area contributed by atoms with Crippen molar-refractivity contribution in [2.24, 2.45) is 5.92 Å². The van der Waals surface area contributed by atoms with Gasteiger partial charge in [-0.2, -0.15) is 5.10 Å². The lowest BCUT2D eigenvalue weighted by Crippen LogP contribution is -2.48. The summed E-state index contributed by atoms with van der Waals surface area (Å²) < 4.78 is 5.64. The first-order valence-electron chi connectivity index (χ1n) is 14.1. The van der Waals surface area contributed by atoms with Gasteiger partial charge >= 0.3 is 0 Å². The summed E-state index contributed by atoms with van der Waals surface area (Å²) in [7, 11) is 8.11. The third kappa shape index (κ3) is 5.25. The number of hydrogen-bond donors (Lipinski definition) is 2. The van der Waals surface area contributed by atoms with Crippen LogP contribution in [0.4, 0.5) is 11.5 Å². The van der Waals surface area contributed by atoms with Crippen LogP contribution in [0.5, 0.6) is 5.75 Å². The Balaban J connectivity index is 1.16. The fraction of sp³-hybridized carbons (Fsp3) is 0.517. The van der Waals surface area contributed by atoms with Gasteiger partial charge in [0.2, 0.25) is 5.91 Å². The highest BCUT2D eigenvalue weighted by Gasteiger charge is 2.33. The molecule has 0 spiro atoms. The van der Waals surface area contributed by atoms with Gasteiger partial charge in [-0.15, -0.1) is 11.3 Å². The monoisotopic (exact) mass is 562 g/mol. The lowest BCUT2D eigenvalue weighted by molar-refractivity contribution is -0.137. The Labute approximate surface area is 238 Å². The predicted octanol–water partition coefficient (Wildman–Crippen LogP) is 3.91. The third-order valence-corrected chi connectivity index (χ3v) is 9.67. The number of methoxy groups -OCH3 is 1. The summed E-state index contributed by atoms with van der Waals surface area (Å²) in [5, 5.41) is 12.7. The van der Waals surface area contributed by atoms with Gasteiger partial charge in [0.1, 0.15) is 22.7 Å². The van der Waals surface area contributed by atoms with Crippen LogP contribution in [0.2, 0.25) is 0 Å². The van der Waals surface area contributed by atoms with Crippen molar-refractivity contribution in [1.82, 2.24) is 34.9 Å². The molecule has 4 heterocycles. The van der Waals surface area contributed by atoms with E-state index in [4.69, 9.17) is 4.74 Å². The molecule has 1 fully saturated rings. The van der Waals surface area contributed by atoms with E-state index in [-0.39, 0.29) is 5.92 Å². The minimum atomic E-state index is 0.0385. The van der Waals surface area contributed by atoms with Gasteiger partial charge in [-0.1, -0.05) is 0 Å². The van der Waals surface area contributed by atoms with E-state index in [0.717, 1.165) is 90.9 Å². The van der Waals surface area contributed by atoms with Crippen molar-refractivity contribution in [3.05, 3.63) is 35.1 Å². The number of likely N-dealkylation sites (tertiary alicyclic amines) is 1. The van der Waals surface area contributed by atoms with Gasteiger partial charge in [0, 0.05) is 54.5 Å². The Bertz CT molecular complexity index is 1510. The molecular weight excluding hydrogens is 524 g/mol. The van der Waals surface area contributed by atoms with E-state index in [1.165, 1.54) is 10.4 Å². The number of hydrogen-bond acceptors (Lipinski definition) is 9. The van der Waals surface area contributed by atoms with Crippen molar-refractivity contribution in [2.45, 2.75) is 38.1 Å². The molecule has 0 bridgehead atoms. The molecule has 1 saturated heterocycles. The number of nitrogens with one attached hydrogen (secondary N) is 2. The second-order valence-corrected chi connectivity index (χ2v) is 12.4. The maximum atomic E-state index is 13.6. The van der Waals surface area contributed by atoms with Gasteiger partial charge in [0.05, 0.1) is 29.9 Å². The van der Waals surface area contributed by atoms with Crippen molar-refractivity contribution in [3.63, 3.8) is 0 Å². The predicted molar refractivity (Wildman–Crippen MR) is 160 cm³/mol.